The van der Waals surface area contributed by atoms with Crippen molar-refractivity contribution in [2.75, 3.05) is 13.1 Å². The van der Waals surface area contributed by atoms with E-state index in [2.05, 4.69) is 26.6 Å². The standard InChI is InChI=1S/C52H58BrN5O10/c1-6-52(38-26-42-46-34(25-36-39(53)17-13-18-40(36)55-46)28-58(42)49(65)37(38)29-67-50(52)66)68-45(62)27-51(4,5)30-54-48(64)41(22-31(2)3)56-47(63)33(23-32-14-9-7-10-15-32)24-35(59)16-11-8-12-21-57-43(60)19-20-44(57)61/h7,9-10,13-15,17-20,25-26,31,33,41H,6,8,11-12,16,21-24,27-30H2,1-5H3,(H,54,64)(H,56,63)/t33-,41+,52+/m1/s1. The van der Waals surface area contributed by atoms with Crippen LogP contribution in [0.15, 0.2) is 82.1 Å². The quantitative estimate of drug-likeness (QED) is 0.0447. The van der Waals surface area contributed by atoms with Crippen LogP contribution < -0.4 is 16.2 Å². The number of hydrogen-bond acceptors (Lipinski definition) is 11. The second-order valence-electron chi connectivity index (χ2n) is 19.2. The van der Waals surface area contributed by atoms with Crippen molar-refractivity contribution in [1.82, 2.24) is 25.1 Å². The van der Waals surface area contributed by atoms with Crippen LogP contribution in [-0.4, -0.2) is 74.9 Å². The maximum Gasteiger partial charge on any atom is 0.355 e. The average molecular weight is 993 g/mol. The first kappa shape index (κ1) is 49.6. The number of nitrogens with zero attached hydrogens (tertiary/aromatic N) is 3. The lowest BCUT2D eigenvalue weighted by Crippen LogP contribution is -2.51. The van der Waals surface area contributed by atoms with Crippen LogP contribution in [0.25, 0.3) is 22.3 Å². The molecule has 0 saturated carbocycles. The molecule has 0 radical (unpaired) electrons. The number of unbranched alkanes of at least 4 members (excludes halogenated alkanes) is 2. The molecule has 15 nitrogen and oxygen atoms in total. The highest BCUT2D eigenvalue weighted by Crippen LogP contribution is 2.42. The number of carbonyl (C=O) groups excluding carboxylic acids is 7. The van der Waals surface area contributed by atoms with E-state index in [0.29, 0.717) is 37.1 Å². The topological polar surface area (TPSA) is 200 Å². The molecule has 0 saturated heterocycles. The number of halogens is 1. The number of nitrogens with one attached hydrogen (secondary N) is 2. The summed E-state index contributed by atoms with van der Waals surface area (Å²) < 4.78 is 14.1. The second-order valence-corrected chi connectivity index (χ2v) is 20.1. The molecule has 4 aromatic rings. The van der Waals surface area contributed by atoms with Crippen molar-refractivity contribution in [3.63, 3.8) is 0 Å². The summed E-state index contributed by atoms with van der Waals surface area (Å²) in [5.74, 6) is -3.94. The van der Waals surface area contributed by atoms with Gasteiger partial charge in [-0.1, -0.05) is 93.4 Å². The van der Waals surface area contributed by atoms with Gasteiger partial charge in [0.2, 0.25) is 17.4 Å². The number of cyclic esters (lactones) is 1. The average Bonchev–Trinajstić information content (AvgIpc) is 3.82. The van der Waals surface area contributed by atoms with E-state index in [1.807, 2.05) is 68.4 Å². The van der Waals surface area contributed by atoms with E-state index in [0.717, 1.165) is 26.5 Å². The summed E-state index contributed by atoms with van der Waals surface area (Å²) in [5, 5.41) is 6.75. The van der Waals surface area contributed by atoms with Crippen molar-refractivity contribution >= 4 is 68.2 Å². The first-order valence-electron chi connectivity index (χ1n) is 23.3. The third-order valence-electron chi connectivity index (χ3n) is 12.9. The van der Waals surface area contributed by atoms with Crippen molar-refractivity contribution in [2.24, 2.45) is 17.3 Å². The number of Topliss-reactive ketones (excluding diaryl/α,β-unsaturated/α-hetero) is 1. The number of fused-ring (bicyclic) bond motifs is 5. The van der Waals surface area contributed by atoms with Crippen LogP contribution in [0.3, 0.4) is 0 Å². The first-order valence-corrected chi connectivity index (χ1v) is 24.1. The minimum absolute atomic E-state index is 0.00761. The van der Waals surface area contributed by atoms with E-state index >= 15 is 0 Å². The van der Waals surface area contributed by atoms with E-state index in [9.17, 15) is 38.4 Å². The van der Waals surface area contributed by atoms with Gasteiger partial charge >= 0.3 is 11.9 Å². The van der Waals surface area contributed by atoms with Crippen molar-refractivity contribution in [1.29, 1.82) is 0 Å². The molecular weight excluding hydrogens is 935 g/mol. The lowest BCUT2D eigenvalue weighted by molar-refractivity contribution is -0.190. The zero-order valence-electron chi connectivity index (χ0n) is 39.2. The van der Waals surface area contributed by atoms with E-state index < -0.39 is 46.7 Å². The molecule has 0 bridgehead atoms. The largest absolute Gasteiger partial charge is 0.457 e. The van der Waals surface area contributed by atoms with Gasteiger partial charge in [0.25, 0.3) is 17.4 Å². The molecule has 2 aromatic heterocycles. The Morgan fingerprint density at radius 1 is 0.941 bits per heavy atom. The van der Waals surface area contributed by atoms with E-state index in [-0.39, 0.29) is 98.5 Å². The van der Waals surface area contributed by atoms with Crippen LogP contribution in [0.2, 0.25) is 0 Å². The number of carbonyl (C=O) groups is 7. The number of esters is 2. The van der Waals surface area contributed by atoms with Gasteiger partial charge in [-0.3, -0.25) is 38.5 Å². The summed E-state index contributed by atoms with van der Waals surface area (Å²) in [4.78, 5) is 113. The summed E-state index contributed by atoms with van der Waals surface area (Å²) >= 11 is 3.59. The Labute approximate surface area is 403 Å². The monoisotopic (exact) mass is 991 g/mol. The fourth-order valence-corrected chi connectivity index (χ4v) is 9.67. The molecule has 68 heavy (non-hydrogen) atoms. The number of ketones is 1. The van der Waals surface area contributed by atoms with Crippen molar-refractivity contribution in [3.05, 3.63) is 110 Å². The molecule has 0 fully saturated rings. The minimum Gasteiger partial charge on any atom is -0.457 e. The maximum absolute atomic E-state index is 14.1. The SMILES string of the molecule is CC[C@@]1(OC(=O)CC(C)(C)CNC(=O)[C@H](CC(C)C)NC(=O)[C@@H](CC(=O)CCCCCN2C(=O)C=CC2=O)Cc2ccccc2)C(=O)OCc2c1cc1n(c2=O)Cc2cc3c(Br)cccc3nc2-1. The highest BCUT2D eigenvalue weighted by Gasteiger charge is 2.51. The highest BCUT2D eigenvalue weighted by atomic mass is 79.9. The van der Waals surface area contributed by atoms with Gasteiger partial charge in [0.05, 0.1) is 35.4 Å². The van der Waals surface area contributed by atoms with Gasteiger partial charge in [-0.05, 0) is 73.3 Å². The van der Waals surface area contributed by atoms with E-state index in [1.54, 1.807) is 31.4 Å². The second kappa shape index (κ2) is 20.9. The Kier molecular flexibility index (Phi) is 15.3. The van der Waals surface area contributed by atoms with Crippen molar-refractivity contribution < 1.29 is 43.0 Å². The molecule has 0 unspecified atom stereocenters. The maximum atomic E-state index is 14.1. The number of imide groups is 1. The Hall–Kier alpha value is -6.29. The molecule has 0 aliphatic carbocycles. The third-order valence-corrected chi connectivity index (χ3v) is 13.6. The molecular formula is C52H58BrN5O10. The van der Waals surface area contributed by atoms with Crippen LogP contribution in [0.4, 0.5) is 0 Å². The van der Waals surface area contributed by atoms with Gasteiger partial charge in [0, 0.05) is 65.0 Å². The Bertz CT molecular complexity index is 2730. The predicted octanol–water partition coefficient (Wildman–Crippen LogP) is 6.76. The number of hydrogen-bond donors (Lipinski definition) is 2. The van der Waals surface area contributed by atoms with E-state index in [4.69, 9.17) is 14.5 Å². The molecule has 3 aliphatic heterocycles. The smallest absolute Gasteiger partial charge is 0.355 e. The summed E-state index contributed by atoms with van der Waals surface area (Å²) in [6, 6.07) is 17.8. The fourth-order valence-electron chi connectivity index (χ4n) is 9.20. The molecule has 3 aliphatic rings. The van der Waals surface area contributed by atoms with Crippen molar-refractivity contribution in [3.8, 4) is 11.4 Å². The molecule has 4 amide bonds. The lowest BCUT2D eigenvalue weighted by Gasteiger charge is -2.36. The molecule has 358 valence electrons. The van der Waals surface area contributed by atoms with Crippen LogP contribution in [0.1, 0.15) is 108 Å². The van der Waals surface area contributed by atoms with Crippen LogP contribution in [0.5, 0.6) is 0 Å². The molecule has 5 heterocycles. The molecule has 2 N–H and O–H groups in total. The van der Waals surface area contributed by atoms with Gasteiger partial charge in [-0.2, -0.15) is 0 Å². The normalized spacial score (nSPS) is 17.1. The number of pyridine rings is 2. The number of amides is 4. The van der Waals surface area contributed by atoms with Crippen LogP contribution in [-0.2, 0) is 68.2 Å². The van der Waals surface area contributed by atoms with Crippen molar-refractivity contribution in [2.45, 2.75) is 117 Å². The van der Waals surface area contributed by atoms with E-state index in [1.165, 1.54) is 17.1 Å². The van der Waals surface area contributed by atoms with Crippen LogP contribution in [0, 0.1) is 17.3 Å². The molecule has 3 atom stereocenters. The summed E-state index contributed by atoms with van der Waals surface area (Å²) in [6.07, 6.45) is 4.75. The van der Waals surface area contributed by atoms with Gasteiger partial charge in [-0.25, -0.2) is 9.78 Å². The van der Waals surface area contributed by atoms with Gasteiger partial charge in [0.1, 0.15) is 18.4 Å². The predicted molar refractivity (Wildman–Crippen MR) is 256 cm³/mol. The molecule has 2 aromatic carbocycles. The third kappa shape index (κ3) is 11.0. The minimum atomic E-state index is -1.90. The summed E-state index contributed by atoms with van der Waals surface area (Å²) in [5.41, 5.74) is 0.863. The number of benzene rings is 2. The molecule has 7 rings (SSSR count). The summed E-state index contributed by atoms with van der Waals surface area (Å²) in [7, 11) is 0. The molecule has 16 heteroatoms. The Morgan fingerprint density at radius 2 is 1.68 bits per heavy atom. The highest BCUT2D eigenvalue weighted by molar-refractivity contribution is 9.10. The zero-order chi connectivity index (χ0) is 48.9. The fraction of sp³-hybridized carbons (Fsp3) is 0.442. The number of ether oxygens (including phenoxy) is 2. The van der Waals surface area contributed by atoms with Crippen LogP contribution >= 0.6 is 15.9 Å². The number of aromatic nitrogens is 2. The first-order chi connectivity index (χ1) is 32.4. The van der Waals surface area contributed by atoms with Gasteiger partial charge in [0.15, 0.2) is 0 Å². The lowest BCUT2D eigenvalue weighted by atomic mass is 9.84. The zero-order valence-corrected chi connectivity index (χ0v) is 40.7. The van der Waals surface area contributed by atoms with Gasteiger partial charge in [-0.15, -0.1) is 0 Å². The Balaban J connectivity index is 0.993. The molecule has 0 spiro atoms. The Morgan fingerprint density at radius 3 is 2.38 bits per heavy atom. The van der Waals surface area contributed by atoms with Gasteiger partial charge < -0.3 is 24.7 Å². The summed E-state index contributed by atoms with van der Waals surface area (Å²) in [6.45, 7) is 9.38. The number of rotatable bonds is 21.